The summed E-state index contributed by atoms with van der Waals surface area (Å²) in [5, 5.41) is 0.885. The average molecular weight is 240 g/mol. The lowest BCUT2D eigenvalue weighted by Crippen LogP contribution is -1.95. The fourth-order valence-corrected chi connectivity index (χ4v) is 1.74. The topological polar surface area (TPSA) is 39.2 Å². The maximum Gasteiger partial charge on any atom is 0.180 e. The van der Waals surface area contributed by atoms with Crippen molar-refractivity contribution in [3.63, 3.8) is 0 Å². The van der Waals surface area contributed by atoms with Crippen molar-refractivity contribution in [3.05, 3.63) is 34.7 Å². The Bertz CT molecular complexity index is 571. The predicted octanol–water partition coefficient (Wildman–Crippen LogP) is 2.85. The summed E-state index contributed by atoms with van der Waals surface area (Å²) in [7, 11) is 1.33. The zero-order chi connectivity index (χ0) is 11.7. The van der Waals surface area contributed by atoms with Crippen LogP contribution in [-0.4, -0.2) is 18.4 Å². The average Bonchev–Trinajstić information content (AvgIpc) is 2.28. The SMILES string of the molecule is COc1c(F)ccc2c(Cl)cc(C=O)nc12. The number of aromatic nitrogens is 1. The smallest absolute Gasteiger partial charge is 0.180 e. The number of methoxy groups -OCH3 is 1. The van der Waals surface area contributed by atoms with Crippen LogP contribution in [0.5, 0.6) is 5.75 Å². The first-order chi connectivity index (χ1) is 7.67. The number of hydrogen-bond donors (Lipinski definition) is 0. The van der Waals surface area contributed by atoms with Crippen LogP contribution in [0.1, 0.15) is 10.5 Å². The number of benzene rings is 1. The minimum atomic E-state index is -0.540. The van der Waals surface area contributed by atoms with Gasteiger partial charge in [0.05, 0.1) is 12.1 Å². The summed E-state index contributed by atoms with van der Waals surface area (Å²) in [6.07, 6.45) is 0.551. The van der Waals surface area contributed by atoms with E-state index in [2.05, 4.69) is 4.98 Å². The summed E-state index contributed by atoms with van der Waals surface area (Å²) < 4.78 is 18.3. The molecule has 1 aromatic carbocycles. The van der Waals surface area contributed by atoms with Gasteiger partial charge in [-0.1, -0.05) is 11.6 Å². The summed E-state index contributed by atoms with van der Waals surface area (Å²) in [5.41, 5.74) is 0.388. The van der Waals surface area contributed by atoms with Gasteiger partial charge in [0, 0.05) is 5.39 Å². The van der Waals surface area contributed by atoms with Gasteiger partial charge in [-0.2, -0.15) is 0 Å². The molecule has 0 aliphatic rings. The number of fused-ring (bicyclic) bond motifs is 1. The fourth-order valence-electron chi connectivity index (χ4n) is 1.47. The number of pyridine rings is 1. The van der Waals surface area contributed by atoms with E-state index in [-0.39, 0.29) is 17.0 Å². The fraction of sp³-hybridized carbons (Fsp3) is 0.0909. The Balaban J connectivity index is 2.90. The van der Waals surface area contributed by atoms with Crippen molar-refractivity contribution in [1.29, 1.82) is 0 Å². The normalized spacial score (nSPS) is 10.4. The molecular formula is C11H7ClFNO2. The number of ether oxygens (including phenoxy) is 1. The van der Waals surface area contributed by atoms with Crippen LogP contribution < -0.4 is 4.74 Å². The summed E-state index contributed by atoms with van der Waals surface area (Å²) in [5.74, 6) is -0.551. The maximum atomic E-state index is 13.4. The highest BCUT2D eigenvalue weighted by Gasteiger charge is 2.12. The van der Waals surface area contributed by atoms with Crippen molar-refractivity contribution >= 4 is 28.8 Å². The second-order valence-corrected chi connectivity index (χ2v) is 3.53. The van der Waals surface area contributed by atoms with E-state index >= 15 is 0 Å². The van der Waals surface area contributed by atoms with E-state index in [9.17, 15) is 9.18 Å². The third-order valence-electron chi connectivity index (χ3n) is 2.18. The molecule has 0 saturated heterocycles. The first-order valence-corrected chi connectivity index (χ1v) is 4.83. The van der Waals surface area contributed by atoms with Crippen LogP contribution in [0.3, 0.4) is 0 Å². The van der Waals surface area contributed by atoms with E-state index < -0.39 is 5.82 Å². The molecule has 0 saturated carbocycles. The molecule has 0 aliphatic carbocycles. The Hall–Kier alpha value is -1.68. The molecule has 1 heterocycles. The van der Waals surface area contributed by atoms with E-state index in [1.165, 1.54) is 25.3 Å². The first-order valence-electron chi connectivity index (χ1n) is 4.45. The van der Waals surface area contributed by atoms with Crippen molar-refractivity contribution in [1.82, 2.24) is 4.98 Å². The number of rotatable bonds is 2. The maximum absolute atomic E-state index is 13.4. The largest absolute Gasteiger partial charge is 0.491 e. The standard InChI is InChI=1S/C11H7ClFNO2/c1-16-11-9(13)3-2-7-8(12)4-6(5-15)14-10(7)11/h2-5H,1H3. The lowest BCUT2D eigenvalue weighted by Gasteiger charge is -2.07. The van der Waals surface area contributed by atoms with E-state index in [1.54, 1.807) is 0 Å². The van der Waals surface area contributed by atoms with Gasteiger partial charge in [0.25, 0.3) is 0 Å². The molecular weight excluding hydrogens is 233 g/mol. The third-order valence-corrected chi connectivity index (χ3v) is 2.49. The molecule has 0 bridgehead atoms. The van der Waals surface area contributed by atoms with Crippen molar-refractivity contribution in [2.45, 2.75) is 0 Å². The molecule has 2 aromatic rings. The Kier molecular flexibility index (Phi) is 2.75. The zero-order valence-electron chi connectivity index (χ0n) is 8.33. The van der Waals surface area contributed by atoms with Crippen molar-refractivity contribution in [2.24, 2.45) is 0 Å². The van der Waals surface area contributed by atoms with Gasteiger partial charge in [0.2, 0.25) is 0 Å². The number of nitrogens with zero attached hydrogens (tertiary/aromatic N) is 1. The lowest BCUT2D eigenvalue weighted by molar-refractivity contribution is 0.111. The van der Waals surface area contributed by atoms with E-state index in [0.29, 0.717) is 16.7 Å². The summed E-state index contributed by atoms with van der Waals surface area (Å²) in [6.45, 7) is 0. The lowest BCUT2D eigenvalue weighted by atomic mass is 10.2. The molecule has 2 rings (SSSR count). The van der Waals surface area contributed by atoms with Gasteiger partial charge in [-0.3, -0.25) is 4.79 Å². The molecule has 0 aliphatic heterocycles. The van der Waals surface area contributed by atoms with Gasteiger partial charge in [-0.15, -0.1) is 0 Å². The van der Waals surface area contributed by atoms with Crippen molar-refractivity contribution in [3.8, 4) is 5.75 Å². The summed E-state index contributed by atoms with van der Waals surface area (Å²) in [6, 6.07) is 4.17. The van der Waals surface area contributed by atoms with Crippen molar-refractivity contribution in [2.75, 3.05) is 7.11 Å². The minimum absolute atomic E-state index is 0.0110. The Morgan fingerprint density at radius 2 is 2.25 bits per heavy atom. The first kappa shape index (κ1) is 10.8. The zero-order valence-corrected chi connectivity index (χ0v) is 9.08. The van der Waals surface area contributed by atoms with Gasteiger partial charge in [0.1, 0.15) is 11.2 Å². The molecule has 0 radical (unpaired) electrons. The molecule has 3 nitrogen and oxygen atoms in total. The highest BCUT2D eigenvalue weighted by atomic mass is 35.5. The monoisotopic (exact) mass is 239 g/mol. The molecule has 0 unspecified atom stereocenters. The van der Waals surface area contributed by atoms with Crippen LogP contribution in [0.4, 0.5) is 4.39 Å². The molecule has 0 spiro atoms. The second kappa shape index (κ2) is 4.06. The van der Waals surface area contributed by atoms with Crippen LogP contribution in [0.15, 0.2) is 18.2 Å². The summed E-state index contributed by atoms with van der Waals surface area (Å²) >= 11 is 5.95. The summed E-state index contributed by atoms with van der Waals surface area (Å²) in [4.78, 5) is 14.6. The number of halogens is 2. The van der Waals surface area contributed by atoms with Gasteiger partial charge in [-0.05, 0) is 18.2 Å². The minimum Gasteiger partial charge on any atom is -0.491 e. The number of carbonyl (C=O) groups excluding carboxylic acids is 1. The number of carbonyl (C=O) groups is 1. The van der Waals surface area contributed by atoms with E-state index in [1.807, 2.05) is 0 Å². The second-order valence-electron chi connectivity index (χ2n) is 3.12. The third kappa shape index (κ3) is 1.61. The Morgan fingerprint density at radius 3 is 2.88 bits per heavy atom. The van der Waals surface area contributed by atoms with Gasteiger partial charge in [0.15, 0.2) is 17.9 Å². The van der Waals surface area contributed by atoms with Crippen molar-refractivity contribution < 1.29 is 13.9 Å². The van der Waals surface area contributed by atoms with Crippen LogP contribution in [-0.2, 0) is 0 Å². The number of hydrogen-bond acceptors (Lipinski definition) is 3. The number of aldehydes is 1. The van der Waals surface area contributed by atoms with Gasteiger partial charge >= 0.3 is 0 Å². The molecule has 0 amide bonds. The molecule has 82 valence electrons. The molecule has 5 heteroatoms. The van der Waals surface area contributed by atoms with E-state index in [0.717, 1.165) is 0 Å². The van der Waals surface area contributed by atoms with Crippen LogP contribution in [0, 0.1) is 5.82 Å². The van der Waals surface area contributed by atoms with Crippen LogP contribution in [0.25, 0.3) is 10.9 Å². The molecule has 0 N–H and O–H groups in total. The highest BCUT2D eigenvalue weighted by molar-refractivity contribution is 6.35. The van der Waals surface area contributed by atoms with Crippen LogP contribution >= 0.6 is 11.6 Å². The Morgan fingerprint density at radius 1 is 1.50 bits per heavy atom. The highest BCUT2D eigenvalue weighted by Crippen LogP contribution is 2.31. The van der Waals surface area contributed by atoms with Gasteiger partial charge in [-0.25, -0.2) is 9.37 Å². The molecule has 16 heavy (non-hydrogen) atoms. The molecule has 0 fully saturated rings. The molecule has 0 atom stereocenters. The van der Waals surface area contributed by atoms with Crippen LogP contribution in [0.2, 0.25) is 5.02 Å². The van der Waals surface area contributed by atoms with E-state index in [4.69, 9.17) is 16.3 Å². The quantitative estimate of drug-likeness (QED) is 0.757. The van der Waals surface area contributed by atoms with Gasteiger partial charge < -0.3 is 4.74 Å². The predicted molar refractivity (Wildman–Crippen MR) is 58.7 cm³/mol. The molecule has 1 aromatic heterocycles. The Labute approximate surface area is 95.8 Å².